The molecule has 2 atom stereocenters. The van der Waals surface area contributed by atoms with E-state index in [9.17, 15) is 0 Å². The lowest BCUT2D eigenvalue weighted by molar-refractivity contribution is 0.209. The molecule has 2 aliphatic carbocycles. The second kappa shape index (κ2) is 5.00. The second-order valence-corrected chi connectivity index (χ2v) is 8.63. The van der Waals surface area contributed by atoms with E-state index < -0.39 is 0 Å². The minimum Gasteiger partial charge on any atom is -0.0659 e. The summed E-state index contributed by atoms with van der Waals surface area (Å²) >= 11 is 0. The molecule has 1 heteroatoms. The van der Waals surface area contributed by atoms with Crippen molar-refractivity contribution in [2.75, 3.05) is 0 Å². The SMILES string of the molecule is CC1=CC2=C(CCCC2)C1C([SiH3])C(C)(C)C(C)C. The molecule has 0 N–H and O–H groups in total. The van der Waals surface area contributed by atoms with Crippen LogP contribution in [0.4, 0.5) is 0 Å². The minimum absolute atomic E-state index is 0.478. The van der Waals surface area contributed by atoms with E-state index in [1.54, 1.807) is 11.1 Å². The molecule has 0 fully saturated rings. The molecule has 0 radical (unpaired) electrons. The summed E-state index contributed by atoms with van der Waals surface area (Å²) in [7, 11) is 1.31. The van der Waals surface area contributed by atoms with E-state index in [0.717, 1.165) is 17.4 Å². The lowest BCUT2D eigenvalue weighted by atomic mass is 9.70. The largest absolute Gasteiger partial charge is 0.0659 e. The maximum atomic E-state index is 2.53. The van der Waals surface area contributed by atoms with Gasteiger partial charge >= 0.3 is 0 Å². The van der Waals surface area contributed by atoms with Gasteiger partial charge in [-0.3, -0.25) is 0 Å². The van der Waals surface area contributed by atoms with Crippen molar-refractivity contribution in [2.45, 2.75) is 65.8 Å². The Morgan fingerprint density at radius 2 is 1.83 bits per heavy atom. The highest BCUT2D eigenvalue weighted by molar-refractivity contribution is 6.13. The Hall–Kier alpha value is -0.303. The molecule has 0 aromatic carbocycles. The van der Waals surface area contributed by atoms with E-state index in [-0.39, 0.29) is 0 Å². The van der Waals surface area contributed by atoms with Crippen molar-refractivity contribution in [1.29, 1.82) is 0 Å². The molecule has 0 aliphatic heterocycles. The third-order valence-electron chi connectivity index (χ3n) is 5.98. The van der Waals surface area contributed by atoms with Gasteiger partial charge in [-0.25, -0.2) is 0 Å². The van der Waals surface area contributed by atoms with Crippen LogP contribution in [0.15, 0.2) is 22.8 Å². The van der Waals surface area contributed by atoms with Crippen LogP contribution in [0.5, 0.6) is 0 Å². The van der Waals surface area contributed by atoms with Gasteiger partial charge in [0.25, 0.3) is 0 Å². The van der Waals surface area contributed by atoms with Gasteiger partial charge < -0.3 is 0 Å². The molecular weight excluding hydrogens is 232 g/mol. The highest BCUT2D eigenvalue weighted by Crippen LogP contribution is 2.52. The first-order chi connectivity index (χ1) is 8.35. The van der Waals surface area contributed by atoms with E-state index in [4.69, 9.17) is 0 Å². The van der Waals surface area contributed by atoms with Gasteiger partial charge in [0.2, 0.25) is 0 Å². The summed E-state index contributed by atoms with van der Waals surface area (Å²) in [6.45, 7) is 12.2. The van der Waals surface area contributed by atoms with Crippen LogP contribution < -0.4 is 0 Å². The van der Waals surface area contributed by atoms with Crippen molar-refractivity contribution < 1.29 is 0 Å². The van der Waals surface area contributed by atoms with Gasteiger partial charge in [-0.05, 0) is 55.1 Å². The Balaban J connectivity index is 2.28. The van der Waals surface area contributed by atoms with Crippen LogP contribution in [0.3, 0.4) is 0 Å². The molecule has 0 bridgehead atoms. The van der Waals surface area contributed by atoms with Crippen LogP contribution in [0.25, 0.3) is 0 Å². The van der Waals surface area contributed by atoms with Gasteiger partial charge in [-0.1, -0.05) is 44.9 Å². The monoisotopic (exact) mass is 262 g/mol. The molecule has 2 aliphatic rings. The molecule has 0 spiro atoms. The predicted octanol–water partition coefficient (Wildman–Crippen LogP) is 4.27. The Morgan fingerprint density at radius 3 is 2.44 bits per heavy atom. The molecule has 0 nitrogen and oxygen atoms in total. The lowest BCUT2D eigenvalue weighted by Gasteiger charge is -2.41. The van der Waals surface area contributed by atoms with Gasteiger partial charge in [-0.15, -0.1) is 0 Å². The lowest BCUT2D eigenvalue weighted by Crippen LogP contribution is -2.31. The van der Waals surface area contributed by atoms with Gasteiger partial charge in [0, 0.05) is 16.2 Å². The Labute approximate surface area is 116 Å². The smallest absolute Gasteiger partial charge is 0.00859 e. The first-order valence-electron chi connectivity index (χ1n) is 7.75. The molecule has 0 saturated heterocycles. The molecule has 0 saturated carbocycles. The van der Waals surface area contributed by atoms with Crippen LogP contribution in [0.1, 0.15) is 60.3 Å². The van der Waals surface area contributed by atoms with Crippen molar-refractivity contribution in [3.63, 3.8) is 0 Å². The van der Waals surface area contributed by atoms with Crippen molar-refractivity contribution >= 4 is 10.2 Å². The number of rotatable bonds is 3. The van der Waals surface area contributed by atoms with Gasteiger partial charge in [0.15, 0.2) is 0 Å². The van der Waals surface area contributed by atoms with Gasteiger partial charge in [-0.2, -0.15) is 0 Å². The zero-order valence-corrected chi connectivity index (χ0v) is 15.1. The average molecular weight is 263 g/mol. The summed E-state index contributed by atoms with van der Waals surface area (Å²) in [5.74, 6) is 1.57. The predicted molar refractivity (Wildman–Crippen MR) is 85.0 cm³/mol. The maximum Gasteiger partial charge on any atom is 0.00859 e. The zero-order chi connectivity index (χ0) is 13.5. The second-order valence-electron chi connectivity index (χ2n) is 7.39. The molecule has 0 heterocycles. The fraction of sp³-hybridized carbons (Fsp3) is 0.765. The Bertz CT molecular complexity index is 384. The third-order valence-corrected chi connectivity index (χ3v) is 8.14. The van der Waals surface area contributed by atoms with Gasteiger partial charge in [0.1, 0.15) is 0 Å². The summed E-state index contributed by atoms with van der Waals surface area (Å²) < 4.78 is 0. The topological polar surface area (TPSA) is 0 Å². The van der Waals surface area contributed by atoms with E-state index >= 15 is 0 Å². The summed E-state index contributed by atoms with van der Waals surface area (Å²) in [4.78, 5) is 0. The maximum absolute atomic E-state index is 2.53. The zero-order valence-electron chi connectivity index (χ0n) is 13.1. The van der Waals surface area contributed by atoms with Crippen molar-refractivity contribution in [1.82, 2.24) is 0 Å². The van der Waals surface area contributed by atoms with E-state index in [1.807, 2.05) is 5.57 Å². The van der Waals surface area contributed by atoms with Crippen molar-refractivity contribution in [2.24, 2.45) is 17.3 Å². The summed E-state index contributed by atoms with van der Waals surface area (Å²) in [6, 6.07) is 0. The van der Waals surface area contributed by atoms with Crippen LogP contribution in [-0.4, -0.2) is 10.2 Å². The molecular formula is C17H30Si. The van der Waals surface area contributed by atoms with Crippen LogP contribution in [0.2, 0.25) is 5.54 Å². The van der Waals surface area contributed by atoms with Crippen LogP contribution >= 0.6 is 0 Å². The highest BCUT2D eigenvalue weighted by Gasteiger charge is 2.39. The fourth-order valence-corrected chi connectivity index (χ4v) is 5.36. The van der Waals surface area contributed by atoms with E-state index in [0.29, 0.717) is 5.41 Å². The fourth-order valence-electron chi connectivity index (χ4n) is 3.76. The molecule has 0 aromatic rings. The number of hydrogen-bond acceptors (Lipinski definition) is 0. The quantitative estimate of drug-likeness (QED) is 0.666. The standard InChI is InChI=1S/C17H30Si/c1-11(2)17(4,5)16(18)15-12(3)10-13-8-6-7-9-14(13)15/h10-11,15-16H,6-9H2,1-5,18H3. The van der Waals surface area contributed by atoms with Crippen molar-refractivity contribution in [3.8, 4) is 0 Å². The first-order valence-corrected chi connectivity index (χ1v) is 8.91. The summed E-state index contributed by atoms with van der Waals surface area (Å²) in [5, 5.41) is 0. The molecule has 0 aromatic heterocycles. The number of hydrogen-bond donors (Lipinski definition) is 0. The van der Waals surface area contributed by atoms with Gasteiger partial charge in [0.05, 0.1) is 0 Å². The Morgan fingerprint density at radius 1 is 1.22 bits per heavy atom. The first kappa shape index (κ1) is 14.1. The summed E-state index contributed by atoms with van der Waals surface area (Å²) in [5.41, 5.74) is 6.57. The number of allylic oxidation sites excluding steroid dienone is 4. The van der Waals surface area contributed by atoms with Crippen LogP contribution in [-0.2, 0) is 0 Å². The third kappa shape index (κ3) is 2.26. The van der Waals surface area contributed by atoms with E-state index in [2.05, 4.69) is 40.7 Å². The molecule has 0 amide bonds. The molecule has 2 unspecified atom stereocenters. The molecule has 18 heavy (non-hydrogen) atoms. The van der Waals surface area contributed by atoms with E-state index in [1.165, 1.54) is 35.9 Å². The average Bonchev–Trinajstić information content (AvgIpc) is 2.63. The normalized spacial score (nSPS) is 26.6. The summed E-state index contributed by atoms with van der Waals surface area (Å²) in [6.07, 6.45) is 8.09. The minimum atomic E-state index is 0.478. The molecule has 102 valence electrons. The van der Waals surface area contributed by atoms with Crippen LogP contribution in [0, 0.1) is 17.3 Å². The molecule has 2 rings (SSSR count). The highest BCUT2D eigenvalue weighted by atomic mass is 28.1. The van der Waals surface area contributed by atoms with Crippen molar-refractivity contribution in [3.05, 3.63) is 22.8 Å². The Kier molecular flexibility index (Phi) is 3.92.